The molecule has 43 heavy (non-hydrogen) atoms. The van der Waals surface area contributed by atoms with Crippen molar-refractivity contribution < 1.29 is 14.3 Å². The van der Waals surface area contributed by atoms with E-state index in [9.17, 15) is 4.79 Å². The lowest BCUT2D eigenvalue weighted by Crippen LogP contribution is -2.25. The summed E-state index contributed by atoms with van der Waals surface area (Å²) < 4.78 is 13.8. The highest BCUT2D eigenvalue weighted by atomic mass is 16.5. The number of hydrogen-bond donors (Lipinski definition) is 1. The highest BCUT2D eigenvalue weighted by molar-refractivity contribution is 5.97. The van der Waals surface area contributed by atoms with E-state index < -0.39 is 0 Å². The summed E-state index contributed by atoms with van der Waals surface area (Å²) in [5.41, 5.74) is 6.91. The molecule has 6 aromatic rings. The molecule has 6 heteroatoms. The lowest BCUT2D eigenvalue weighted by Gasteiger charge is -2.13. The van der Waals surface area contributed by atoms with Crippen LogP contribution in [0, 0.1) is 0 Å². The Morgan fingerprint density at radius 3 is 2.23 bits per heavy atom. The summed E-state index contributed by atoms with van der Waals surface area (Å²) in [5, 5.41) is 3.04. The van der Waals surface area contributed by atoms with Gasteiger partial charge in [-0.15, -0.1) is 0 Å². The van der Waals surface area contributed by atoms with Crippen LogP contribution in [0.25, 0.3) is 22.2 Å². The zero-order valence-corrected chi connectivity index (χ0v) is 24.1. The van der Waals surface area contributed by atoms with Crippen LogP contribution in [-0.2, 0) is 19.6 Å². The molecule has 1 amide bonds. The molecular formula is C37H33N3O3. The third kappa shape index (κ3) is 6.60. The van der Waals surface area contributed by atoms with Gasteiger partial charge in [-0.1, -0.05) is 91.0 Å². The number of carbonyl (C=O) groups excluding carboxylic acids is 1. The zero-order chi connectivity index (χ0) is 29.4. The number of aromatic nitrogens is 2. The Hall–Kier alpha value is -5.36. The molecule has 0 radical (unpaired) electrons. The van der Waals surface area contributed by atoms with Crippen molar-refractivity contribution in [3.05, 3.63) is 150 Å². The van der Waals surface area contributed by atoms with E-state index in [1.807, 2.05) is 78.9 Å². The number of nitrogens with zero attached hydrogens (tertiary/aromatic N) is 2. The van der Waals surface area contributed by atoms with Gasteiger partial charge < -0.3 is 19.4 Å². The lowest BCUT2D eigenvalue weighted by atomic mass is 10.0. The summed E-state index contributed by atoms with van der Waals surface area (Å²) in [6.45, 7) is 1.40. The molecule has 0 spiro atoms. The van der Waals surface area contributed by atoms with Crippen LogP contribution >= 0.6 is 0 Å². The third-order valence-electron chi connectivity index (χ3n) is 7.43. The van der Waals surface area contributed by atoms with Gasteiger partial charge in [0.15, 0.2) is 11.5 Å². The Labute approximate surface area is 251 Å². The third-order valence-corrected chi connectivity index (χ3v) is 7.43. The summed E-state index contributed by atoms with van der Waals surface area (Å²) in [6, 6.07) is 42.3. The van der Waals surface area contributed by atoms with E-state index in [4.69, 9.17) is 14.5 Å². The molecule has 5 aromatic carbocycles. The Kier molecular flexibility index (Phi) is 8.46. The molecule has 6 rings (SSSR count). The van der Waals surface area contributed by atoms with Gasteiger partial charge in [0.05, 0.1) is 18.1 Å². The van der Waals surface area contributed by atoms with Crippen LogP contribution in [0.4, 0.5) is 0 Å². The van der Waals surface area contributed by atoms with Gasteiger partial charge in [-0.3, -0.25) is 4.79 Å². The molecule has 1 heterocycles. The maximum absolute atomic E-state index is 13.0. The van der Waals surface area contributed by atoms with Crippen molar-refractivity contribution in [2.24, 2.45) is 0 Å². The molecule has 0 fully saturated rings. The number of methoxy groups -OCH3 is 1. The van der Waals surface area contributed by atoms with Crippen molar-refractivity contribution in [3.8, 4) is 22.6 Å². The van der Waals surface area contributed by atoms with Crippen LogP contribution in [0.3, 0.4) is 0 Å². The summed E-state index contributed by atoms with van der Waals surface area (Å²) in [4.78, 5) is 18.0. The molecule has 1 N–H and O–H groups in total. The minimum Gasteiger partial charge on any atom is -0.493 e. The number of carbonyl (C=O) groups is 1. The van der Waals surface area contributed by atoms with Gasteiger partial charge >= 0.3 is 0 Å². The fraction of sp³-hybridized carbons (Fsp3) is 0.135. The van der Waals surface area contributed by atoms with Crippen molar-refractivity contribution in [2.45, 2.75) is 19.6 Å². The quantitative estimate of drug-likeness (QED) is 0.178. The van der Waals surface area contributed by atoms with Crippen LogP contribution in [0.1, 0.15) is 27.3 Å². The lowest BCUT2D eigenvalue weighted by molar-refractivity contribution is 0.0954. The summed E-state index contributed by atoms with van der Waals surface area (Å²) >= 11 is 0. The second-order valence-electron chi connectivity index (χ2n) is 10.3. The number of imidazole rings is 1. The molecule has 6 nitrogen and oxygen atoms in total. The van der Waals surface area contributed by atoms with Crippen molar-refractivity contribution in [1.29, 1.82) is 0 Å². The Balaban J connectivity index is 1.28. The molecule has 0 saturated carbocycles. The van der Waals surface area contributed by atoms with E-state index >= 15 is 0 Å². The Morgan fingerprint density at radius 1 is 0.744 bits per heavy atom. The first kappa shape index (κ1) is 27.8. The number of hydrogen-bond acceptors (Lipinski definition) is 4. The van der Waals surface area contributed by atoms with Gasteiger partial charge in [-0.2, -0.15) is 0 Å². The van der Waals surface area contributed by atoms with Crippen molar-refractivity contribution in [1.82, 2.24) is 14.9 Å². The first-order chi connectivity index (χ1) is 21.2. The highest BCUT2D eigenvalue weighted by Gasteiger charge is 2.16. The number of amides is 1. The first-order valence-corrected chi connectivity index (χ1v) is 14.4. The molecule has 0 aliphatic heterocycles. The van der Waals surface area contributed by atoms with Crippen molar-refractivity contribution >= 4 is 16.9 Å². The normalized spacial score (nSPS) is 10.9. The minimum atomic E-state index is -0.116. The van der Waals surface area contributed by atoms with Gasteiger partial charge in [0.2, 0.25) is 0 Å². The van der Waals surface area contributed by atoms with E-state index in [-0.39, 0.29) is 12.5 Å². The fourth-order valence-corrected chi connectivity index (χ4v) is 5.22. The second kappa shape index (κ2) is 13.1. The maximum atomic E-state index is 13.0. The molecule has 0 saturated heterocycles. The number of ether oxygens (including phenoxy) is 2. The average molecular weight is 568 g/mol. The van der Waals surface area contributed by atoms with Crippen molar-refractivity contribution in [2.75, 3.05) is 13.7 Å². The number of rotatable bonds is 11. The predicted molar refractivity (Wildman–Crippen MR) is 171 cm³/mol. The average Bonchev–Trinajstić information content (AvgIpc) is 3.41. The van der Waals surface area contributed by atoms with Crippen LogP contribution < -0.4 is 14.8 Å². The number of nitrogens with one attached hydrogen (secondary N) is 1. The standard InChI is InChI=1S/C37H33N3O3/c1-42-34-17-8-9-18-35(34)43-26-36-39-32-24-31(37(41)38-22-21-27-11-4-2-5-12-27)19-20-33(32)40(36)25-28-13-10-16-30(23-28)29-14-6-3-7-15-29/h2-20,23-24H,21-22,25-26H2,1H3,(H,38,41). The molecule has 0 unspecified atom stereocenters. The second-order valence-corrected chi connectivity index (χ2v) is 10.3. The molecule has 0 aliphatic carbocycles. The van der Waals surface area contributed by atoms with Crippen LogP contribution in [0.5, 0.6) is 11.5 Å². The topological polar surface area (TPSA) is 65.4 Å². The van der Waals surface area contributed by atoms with Gasteiger partial charge in [0.1, 0.15) is 12.4 Å². The summed E-state index contributed by atoms with van der Waals surface area (Å²) in [5.74, 6) is 1.95. The largest absolute Gasteiger partial charge is 0.493 e. The van der Waals surface area contributed by atoms with E-state index in [0.29, 0.717) is 30.2 Å². The maximum Gasteiger partial charge on any atom is 0.251 e. The zero-order valence-electron chi connectivity index (χ0n) is 24.1. The monoisotopic (exact) mass is 567 g/mol. The molecule has 0 aliphatic rings. The highest BCUT2D eigenvalue weighted by Crippen LogP contribution is 2.28. The molecule has 0 atom stereocenters. The smallest absolute Gasteiger partial charge is 0.251 e. The van der Waals surface area contributed by atoms with Crippen LogP contribution in [0.2, 0.25) is 0 Å². The number of fused-ring (bicyclic) bond motifs is 1. The van der Waals surface area contributed by atoms with Gasteiger partial charge in [0, 0.05) is 18.7 Å². The Bertz CT molecular complexity index is 1830. The van der Waals surface area contributed by atoms with Crippen LogP contribution in [0.15, 0.2) is 127 Å². The first-order valence-electron chi connectivity index (χ1n) is 14.4. The van der Waals surface area contributed by atoms with E-state index in [0.717, 1.165) is 34.4 Å². The molecular weight excluding hydrogens is 534 g/mol. The van der Waals surface area contributed by atoms with Gasteiger partial charge in [-0.25, -0.2) is 4.98 Å². The van der Waals surface area contributed by atoms with Crippen LogP contribution in [-0.4, -0.2) is 29.1 Å². The summed E-state index contributed by atoms with van der Waals surface area (Å²) in [6.07, 6.45) is 0.774. The minimum absolute atomic E-state index is 0.116. The molecule has 0 bridgehead atoms. The Morgan fingerprint density at radius 2 is 1.44 bits per heavy atom. The predicted octanol–water partition coefficient (Wildman–Crippen LogP) is 7.31. The van der Waals surface area contributed by atoms with Gasteiger partial charge in [0.25, 0.3) is 5.91 Å². The summed E-state index contributed by atoms with van der Waals surface area (Å²) in [7, 11) is 1.63. The van der Waals surface area contributed by atoms with Gasteiger partial charge in [-0.05, 0) is 65.1 Å². The SMILES string of the molecule is COc1ccccc1OCc1nc2cc(C(=O)NCCc3ccccc3)ccc2n1Cc1cccc(-c2ccccc2)c1. The molecule has 214 valence electrons. The van der Waals surface area contributed by atoms with E-state index in [1.165, 1.54) is 11.1 Å². The molecule has 1 aromatic heterocycles. The number of para-hydroxylation sites is 2. The van der Waals surface area contributed by atoms with Crippen molar-refractivity contribution in [3.63, 3.8) is 0 Å². The van der Waals surface area contributed by atoms with E-state index in [2.05, 4.69) is 58.4 Å². The number of benzene rings is 5. The fourth-order valence-electron chi connectivity index (χ4n) is 5.22. The van der Waals surface area contributed by atoms with E-state index in [1.54, 1.807) is 7.11 Å².